The van der Waals surface area contributed by atoms with Crippen molar-refractivity contribution in [3.05, 3.63) is 90.3 Å². The minimum atomic E-state index is -0.671. The zero-order valence-corrected chi connectivity index (χ0v) is 12.8. The van der Waals surface area contributed by atoms with Gasteiger partial charge in [-0.05, 0) is 36.4 Å². The molecule has 2 aromatic carbocycles. The van der Waals surface area contributed by atoms with Crippen LogP contribution >= 0.6 is 0 Å². The van der Waals surface area contributed by atoms with Gasteiger partial charge >= 0.3 is 0 Å². The van der Waals surface area contributed by atoms with Crippen molar-refractivity contribution >= 4 is 23.2 Å². The maximum Gasteiger partial charge on any atom is 0.281 e. The highest BCUT2D eigenvalue weighted by atomic mass is 16.2. The van der Waals surface area contributed by atoms with Crippen LogP contribution in [-0.2, 0) is 0 Å². The van der Waals surface area contributed by atoms with Gasteiger partial charge in [0.15, 0.2) is 0 Å². The van der Waals surface area contributed by atoms with Crippen LogP contribution in [0.4, 0.5) is 11.4 Å². The summed E-state index contributed by atoms with van der Waals surface area (Å²) in [6.07, 6.45) is 0. The zero-order valence-electron chi connectivity index (χ0n) is 12.8. The summed E-state index contributed by atoms with van der Waals surface area (Å²) < 4.78 is 0. The largest absolute Gasteiger partial charge is 0.364 e. The number of primary amides is 1. The van der Waals surface area contributed by atoms with E-state index in [9.17, 15) is 9.59 Å². The van der Waals surface area contributed by atoms with Crippen LogP contribution in [0.1, 0.15) is 21.0 Å². The van der Waals surface area contributed by atoms with E-state index in [1.807, 2.05) is 60.7 Å². The minimum absolute atomic E-state index is 0.0573. The molecule has 0 aliphatic rings. The first kappa shape index (κ1) is 15.4. The number of aromatic nitrogens is 1. The van der Waals surface area contributed by atoms with E-state index in [2.05, 4.69) is 4.98 Å². The quantitative estimate of drug-likeness (QED) is 0.803. The number of rotatable bonds is 4. The number of para-hydroxylation sites is 2. The van der Waals surface area contributed by atoms with E-state index in [-0.39, 0.29) is 17.3 Å². The van der Waals surface area contributed by atoms with Crippen LogP contribution in [0.2, 0.25) is 0 Å². The second kappa shape index (κ2) is 6.75. The second-order valence-corrected chi connectivity index (χ2v) is 5.08. The van der Waals surface area contributed by atoms with Crippen molar-refractivity contribution in [3.63, 3.8) is 0 Å². The SMILES string of the molecule is NC(=O)c1cccc(C(=O)N(c2ccccc2)c2ccccc2)n1. The number of pyridine rings is 1. The van der Waals surface area contributed by atoms with Gasteiger partial charge in [-0.15, -0.1) is 0 Å². The molecule has 0 unspecified atom stereocenters. The molecule has 3 rings (SSSR count). The van der Waals surface area contributed by atoms with Gasteiger partial charge in [0.1, 0.15) is 11.4 Å². The molecule has 0 spiro atoms. The Balaban J connectivity index is 2.08. The first-order valence-electron chi connectivity index (χ1n) is 7.38. The third kappa shape index (κ3) is 3.15. The van der Waals surface area contributed by atoms with Crippen LogP contribution < -0.4 is 10.6 Å². The van der Waals surface area contributed by atoms with Gasteiger partial charge in [0.25, 0.3) is 11.8 Å². The van der Waals surface area contributed by atoms with Gasteiger partial charge in [-0.25, -0.2) is 4.98 Å². The Morgan fingerprint density at radius 1 is 0.708 bits per heavy atom. The molecule has 0 aliphatic heterocycles. The summed E-state index contributed by atoms with van der Waals surface area (Å²) in [7, 11) is 0. The number of hydrogen-bond donors (Lipinski definition) is 1. The molecular formula is C19H15N3O2. The molecule has 118 valence electrons. The van der Waals surface area contributed by atoms with Crippen molar-refractivity contribution in [1.82, 2.24) is 4.98 Å². The third-order valence-corrected chi connectivity index (χ3v) is 3.45. The standard InChI is InChI=1S/C19H15N3O2/c20-18(23)16-12-7-13-17(21-16)19(24)22(14-8-3-1-4-9-14)15-10-5-2-6-11-15/h1-13H,(H2,20,23). The lowest BCUT2D eigenvalue weighted by atomic mass is 10.2. The molecule has 5 heteroatoms. The highest BCUT2D eigenvalue weighted by Crippen LogP contribution is 2.26. The number of hydrogen-bond acceptors (Lipinski definition) is 3. The van der Waals surface area contributed by atoms with E-state index >= 15 is 0 Å². The Labute approximate surface area is 139 Å². The fraction of sp³-hybridized carbons (Fsp3) is 0. The smallest absolute Gasteiger partial charge is 0.281 e. The monoisotopic (exact) mass is 317 g/mol. The predicted octanol–water partition coefficient (Wildman–Crippen LogP) is 3.16. The Hall–Kier alpha value is -3.47. The Bertz CT molecular complexity index is 825. The van der Waals surface area contributed by atoms with Crippen molar-refractivity contribution in [2.45, 2.75) is 0 Å². The number of benzene rings is 2. The summed E-state index contributed by atoms with van der Waals surface area (Å²) in [6, 6.07) is 23.1. The number of nitrogens with zero attached hydrogens (tertiary/aromatic N) is 2. The molecule has 0 saturated carbocycles. The van der Waals surface area contributed by atoms with Gasteiger partial charge in [-0.1, -0.05) is 42.5 Å². The molecule has 1 aromatic heterocycles. The van der Waals surface area contributed by atoms with Crippen molar-refractivity contribution in [1.29, 1.82) is 0 Å². The highest BCUT2D eigenvalue weighted by Gasteiger charge is 2.21. The van der Waals surface area contributed by atoms with Gasteiger partial charge < -0.3 is 5.73 Å². The molecule has 24 heavy (non-hydrogen) atoms. The van der Waals surface area contributed by atoms with Gasteiger partial charge in [0.05, 0.1) is 0 Å². The molecule has 0 saturated heterocycles. The van der Waals surface area contributed by atoms with Crippen molar-refractivity contribution in [2.75, 3.05) is 4.90 Å². The second-order valence-electron chi connectivity index (χ2n) is 5.08. The van der Waals surface area contributed by atoms with E-state index < -0.39 is 5.91 Å². The van der Waals surface area contributed by atoms with Crippen molar-refractivity contribution in [2.24, 2.45) is 5.73 Å². The fourth-order valence-corrected chi connectivity index (χ4v) is 2.34. The molecule has 2 amide bonds. The molecule has 3 aromatic rings. The molecule has 0 bridgehead atoms. The van der Waals surface area contributed by atoms with Crippen LogP contribution in [0.5, 0.6) is 0 Å². The average Bonchev–Trinajstić information content (AvgIpc) is 2.64. The molecule has 0 fully saturated rings. The Morgan fingerprint density at radius 3 is 1.71 bits per heavy atom. The third-order valence-electron chi connectivity index (χ3n) is 3.45. The lowest BCUT2D eigenvalue weighted by Gasteiger charge is -2.22. The molecule has 0 radical (unpaired) electrons. The molecule has 0 atom stereocenters. The molecular weight excluding hydrogens is 302 g/mol. The Kier molecular flexibility index (Phi) is 4.34. The number of nitrogens with two attached hydrogens (primary N) is 1. The van der Waals surface area contributed by atoms with E-state index in [1.54, 1.807) is 17.0 Å². The molecule has 5 nitrogen and oxygen atoms in total. The van der Waals surface area contributed by atoms with Gasteiger partial charge in [-0.2, -0.15) is 0 Å². The number of anilines is 2. The number of amides is 2. The van der Waals surface area contributed by atoms with Crippen LogP contribution in [0, 0.1) is 0 Å². The summed E-state index contributed by atoms with van der Waals surface area (Å²) in [5.74, 6) is -1.01. The van der Waals surface area contributed by atoms with Crippen LogP contribution in [0.3, 0.4) is 0 Å². The highest BCUT2D eigenvalue weighted by molar-refractivity contribution is 6.10. The molecule has 1 heterocycles. The minimum Gasteiger partial charge on any atom is -0.364 e. The average molecular weight is 317 g/mol. The van der Waals surface area contributed by atoms with Crippen LogP contribution in [-0.4, -0.2) is 16.8 Å². The van der Waals surface area contributed by atoms with E-state index in [1.165, 1.54) is 6.07 Å². The zero-order chi connectivity index (χ0) is 16.9. The number of carbonyl (C=O) groups is 2. The Morgan fingerprint density at radius 2 is 1.21 bits per heavy atom. The first-order chi connectivity index (χ1) is 11.7. The van der Waals surface area contributed by atoms with E-state index in [4.69, 9.17) is 5.73 Å². The summed E-state index contributed by atoms with van der Waals surface area (Å²) in [4.78, 5) is 30.0. The fourth-order valence-electron chi connectivity index (χ4n) is 2.34. The number of carbonyl (C=O) groups excluding carboxylic acids is 2. The summed E-state index contributed by atoms with van der Waals surface area (Å²) >= 11 is 0. The first-order valence-corrected chi connectivity index (χ1v) is 7.38. The summed E-state index contributed by atoms with van der Waals surface area (Å²) in [6.45, 7) is 0. The van der Waals surface area contributed by atoms with Gasteiger partial charge in [0, 0.05) is 11.4 Å². The van der Waals surface area contributed by atoms with Crippen molar-refractivity contribution in [3.8, 4) is 0 Å². The molecule has 0 aliphatic carbocycles. The molecule has 2 N–H and O–H groups in total. The topological polar surface area (TPSA) is 76.3 Å². The lowest BCUT2D eigenvalue weighted by Crippen LogP contribution is -2.27. The maximum atomic E-state index is 13.0. The van der Waals surface area contributed by atoms with Gasteiger partial charge in [-0.3, -0.25) is 14.5 Å². The normalized spacial score (nSPS) is 10.2. The maximum absolute atomic E-state index is 13.0. The van der Waals surface area contributed by atoms with Gasteiger partial charge in [0.2, 0.25) is 0 Å². The lowest BCUT2D eigenvalue weighted by molar-refractivity contribution is 0.0991. The predicted molar refractivity (Wildman–Crippen MR) is 92.1 cm³/mol. The van der Waals surface area contributed by atoms with E-state index in [0.717, 1.165) is 0 Å². The summed E-state index contributed by atoms with van der Waals surface area (Å²) in [5.41, 5.74) is 6.88. The van der Waals surface area contributed by atoms with E-state index in [0.29, 0.717) is 11.4 Å². The van der Waals surface area contributed by atoms with Crippen LogP contribution in [0.25, 0.3) is 0 Å². The summed E-state index contributed by atoms with van der Waals surface area (Å²) in [5, 5.41) is 0. The van der Waals surface area contributed by atoms with Crippen molar-refractivity contribution < 1.29 is 9.59 Å². The van der Waals surface area contributed by atoms with Crippen LogP contribution in [0.15, 0.2) is 78.9 Å².